The molecule has 1 heterocycles. The van der Waals surface area contributed by atoms with Crippen molar-refractivity contribution in [1.82, 2.24) is 10.3 Å². The molecule has 1 amide bonds. The average molecular weight is 247 g/mol. The third-order valence-electron chi connectivity index (χ3n) is 2.11. The van der Waals surface area contributed by atoms with E-state index in [0.717, 1.165) is 5.56 Å². The molecule has 0 saturated carbocycles. The fraction of sp³-hybridized carbons (Fsp3) is 0.462. The van der Waals surface area contributed by atoms with Crippen molar-refractivity contribution in [2.24, 2.45) is 0 Å². The molecule has 0 bridgehead atoms. The van der Waals surface area contributed by atoms with E-state index < -0.39 is 17.6 Å². The van der Waals surface area contributed by atoms with Crippen molar-refractivity contribution >= 4 is 6.09 Å². The fourth-order valence-corrected chi connectivity index (χ4v) is 1.33. The number of rotatable bonds is 3. The Labute approximate surface area is 107 Å². The third kappa shape index (κ3) is 4.83. The molecule has 1 N–H and O–H groups in total. The summed E-state index contributed by atoms with van der Waals surface area (Å²) in [7, 11) is 0. The molecule has 0 radical (unpaired) electrons. The van der Waals surface area contributed by atoms with Crippen molar-refractivity contribution in [3.63, 3.8) is 0 Å². The molecular formula is C13H17N3O2. The molecule has 5 nitrogen and oxygen atoms in total. The Morgan fingerprint density at radius 1 is 1.50 bits per heavy atom. The summed E-state index contributed by atoms with van der Waals surface area (Å²) in [6.45, 7) is 5.58. The average Bonchev–Trinajstić information content (AvgIpc) is 2.29. The van der Waals surface area contributed by atoms with Crippen LogP contribution in [-0.2, 0) is 4.74 Å². The van der Waals surface area contributed by atoms with Crippen LogP contribution in [0.4, 0.5) is 4.79 Å². The lowest BCUT2D eigenvalue weighted by Crippen LogP contribution is -2.34. The number of ether oxygens (including phenoxy) is 1. The molecule has 5 heteroatoms. The van der Waals surface area contributed by atoms with Crippen LogP contribution in [0.15, 0.2) is 24.5 Å². The van der Waals surface area contributed by atoms with Gasteiger partial charge in [-0.25, -0.2) is 4.79 Å². The number of nitriles is 1. The van der Waals surface area contributed by atoms with Crippen molar-refractivity contribution in [3.8, 4) is 6.07 Å². The minimum absolute atomic E-state index is 0.218. The number of amides is 1. The van der Waals surface area contributed by atoms with E-state index >= 15 is 0 Å². The lowest BCUT2D eigenvalue weighted by Gasteiger charge is -2.20. The van der Waals surface area contributed by atoms with E-state index in [4.69, 9.17) is 10.00 Å². The molecule has 1 rings (SSSR count). The van der Waals surface area contributed by atoms with Gasteiger partial charge in [0.1, 0.15) is 5.60 Å². The van der Waals surface area contributed by atoms with Crippen molar-refractivity contribution in [1.29, 1.82) is 5.26 Å². The monoisotopic (exact) mass is 247 g/mol. The van der Waals surface area contributed by atoms with E-state index in [-0.39, 0.29) is 6.54 Å². The zero-order chi connectivity index (χ0) is 13.6. The van der Waals surface area contributed by atoms with Crippen LogP contribution in [0.2, 0.25) is 0 Å². The lowest BCUT2D eigenvalue weighted by atomic mass is 10.0. The number of hydrogen-bond donors (Lipinski definition) is 1. The Kier molecular flexibility index (Phi) is 4.67. The van der Waals surface area contributed by atoms with Crippen LogP contribution in [0.5, 0.6) is 0 Å². The highest BCUT2D eigenvalue weighted by Gasteiger charge is 2.17. The standard InChI is InChI=1S/C13H17N3O2/c1-13(2,3)18-12(17)16-9-11(8-14)10-4-6-15-7-5-10/h4-7,11H,9H2,1-3H3,(H,16,17). The molecule has 0 aliphatic heterocycles. The van der Waals surface area contributed by atoms with Gasteiger partial charge in [0.05, 0.1) is 12.0 Å². The van der Waals surface area contributed by atoms with Gasteiger partial charge in [0.2, 0.25) is 0 Å². The maximum Gasteiger partial charge on any atom is 0.407 e. The number of pyridine rings is 1. The van der Waals surface area contributed by atoms with Crippen LogP contribution >= 0.6 is 0 Å². The Morgan fingerprint density at radius 3 is 2.61 bits per heavy atom. The molecule has 0 aliphatic rings. The van der Waals surface area contributed by atoms with Crippen molar-refractivity contribution in [2.75, 3.05) is 6.54 Å². The van der Waals surface area contributed by atoms with Gasteiger partial charge in [-0.05, 0) is 38.5 Å². The Morgan fingerprint density at radius 2 is 2.11 bits per heavy atom. The van der Waals surface area contributed by atoms with Crippen molar-refractivity contribution in [2.45, 2.75) is 32.3 Å². The Bertz CT molecular complexity index is 432. The smallest absolute Gasteiger partial charge is 0.407 e. The Hall–Kier alpha value is -2.09. The first kappa shape index (κ1) is 14.0. The number of aromatic nitrogens is 1. The molecule has 0 saturated heterocycles. The summed E-state index contributed by atoms with van der Waals surface area (Å²) in [4.78, 5) is 15.3. The summed E-state index contributed by atoms with van der Waals surface area (Å²) in [6, 6.07) is 5.65. The number of hydrogen-bond acceptors (Lipinski definition) is 4. The lowest BCUT2D eigenvalue weighted by molar-refractivity contribution is 0.0527. The normalized spacial score (nSPS) is 12.3. The summed E-state index contributed by atoms with van der Waals surface area (Å²) >= 11 is 0. The summed E-state index contributed by atoms with van der Waals surface area (Å²) in [5.41, 5.74) is 0.284. The topological polar surface area (TPSA) is 75.0 Å². The van der Waals surface area contributed by atoms with Crippen LogP contribution in [-0.4, -0.2) is 23.2 Å². The minimum atomic E-state index is -0.539. The fourth-order valence-electron chi connectivity index (χ4n) is 1.33. The molecule has 18 heavy (non-hydrogen) atoms. The number of carbonyl (C=O) groups is 1. The van der Waals surface area contributed by atoms with Crippen LogP contribution in [0, 0.1) is 11.3 Å². The zero-order valence-electron chi connectivity index (χ0n) is 10.8. The molecule has 1 aromatic heterocycles. The van der Waals surface area contributed by atoms with Gasteiger partial charge in [0.25, 0.3) is 0 Å². The molecular weight excluding hydrogens is 230 g/mol. The second kappa shape index (κ2) is 6.01. The maximum absolute atomic E-state index is 11.5. The van der Waals surface area contributed by atoms with E-state index in [0.29, 0.717) is 0 Å². The predicted molar refractivity (Wildman–Crippen MR) is 66.8 cm³/mol. The van der Waals surface area contributed by atoms with Gasteiger partial charge in [-0.15, -0.1) is 0 Å². The molecule has 0 aromatic carbocycles. The van der Waals surface area contributed by atoms with Gasteiger partial charge >= 0.3 is 6.09 Å². The summed E-state index contributed by atoms with van der Waals surface area (Å²) in [5.74, 6) is -0.402. The first-order chi connectivity index (χ1) is 8.42. The van der Waals surface area contributed by atoms with Crippen LogP contribution < -0.4 is 5.32 Å². The molecule has 1 unspecified atom stereocenters. The molecule has 0 spiro atoms. The number of nitrogens with one attached hydrogen (secondary N) is 1. The van der Waals surface area contributed by atoms with Gasteiger partial charge in [0.15, 0.2) is 0 Å². The highest BCUT2D eigenvalue weighted by Crippen LogP contribution is 2.13. The molecule has 0 aliphatic carbocycles. The van der Waals surface area contributed by atoms with Crippen LogP contribution in [0.25, 0.3) is 0 Å². The van der Waals surface area contributed by atoms with E-state index in [9.17, 15) is 4.79 Å². The van der Waals surface area contributed by atoms with E-state index in [1.807, 2.05) is 0 Å². The first-order valence-corrected chi connectivity index (χ1v) is 5.69. The minimum Gasteiger partial charge on any atom is -0.444 e. The van der Waals surface area contributed by atoms with Gasteiger partial charge in [-0.1, -0.05) is 0 Å². The van der Waals surface area contributed by atoms with E-state index in [1.54, 1.807) is 45.3 Å². The van der Waals surface area contributed by atoms with Crippen molar-refractivity contribution < 1.29 is 9.53 Å². The Balaban J connectivity index is 2.52. The summed E-state index contributed by atoms with van der Waals surface area (Å²) < 4.78 is 5.10. The molecule has 1 aromatic rings. The molecule has 0 fully saturated rings. The quantitative estimate of drug-likeness (QED) is 0.888. The maximum atomic E-state index is 11.5. The second-order valence-electron chi connectivity index (χ2n) is 4.85. The van der Waals surface area contributed by atoms with Crippen LogP contribution in [0.3, 0.4) is 0 Å². The van der Waals surface area contributed by atoms with Gasteiger partial charge in [-0.3, -0.25) is 4.98 Å². The van der Waals surface area contributed by atoms with Gasteiger partial charge in [0, 0.05) is 18.9 Å². The first-order valence-electron chi connectivity index (χ1n) is 5.69. The van der Waals surface area contributed by atoms with Crippen molar-refractivity contribution in [3.05, 3.63) is 30.1 Å². The number of nitrogens with zero attached hydrogens (tertiary/aromatic N) is 2. The zero-order valence-corrected chi connectivity index (χ0v) is 10.8. The highest BCUT2D eigenvalue weighted by molar-refractivity contribution is 5.67. The molecule has 96 valence electrons. The summed E-state index contributed by atoms with van der Waals surface area (Å²) in [5, 5.41) is 11.6. The van der Waals surface area contributed by atoms with E-state index in [2.05, 4.69) is 16.4 Å². The molecule has 1 atom stereocenters. The van der Waals surface area contributed by atoms with Crippen LogP contribution in [0.1, 0.15) is 32.3 Å². The SMILES string of the molecule is CC(C)(C)OC(=O)NCC(C#N)c1ccncc1. The summed E-state index contributed by atoms with van der Waals surface area (Å²) in [6.07, 6.45) is 2.72. The highest BCUT2D eigenvalue weighted by atomic mass is 16.6. The predicted octanol–water partition coefficient (Wildman–Crippen LogP) is 2.21. The van der Waals surface area contributed by atoms with Gasteiger partial charge < -0.3 is 10.1 Å². The number of carbonyl (C=O) groups excluding carboxylic acids is 1. The largest absolute Gasteiger partial charge is 0.444 e. The van der Waals surface area contributed by atoms with Gasteiger partial charge in [-0.2, -0.15) is 5.26 Å². The second-order valence-corrected chi connectivity index (χ2v) is 4.85. The number of alkyl carbamates (subject to hydrolysis) is 1. The van der Waals surface area contributed by atoms with E-state index in [1.165, 1.54) is 0 Å². The third-order valence-corrected chi connectivity index (χ3v) is 2.11.